The molecule has 7 nitrogen and oxygen atoms in total. The van der Waals surface area contributed by atoms with E-state index in [1.165, 1.54) is 6.42 Å². The van der Waals surface area contributed by atoms with Crippen molar-refractivity contribution in [1.29, 1.82) is 0 Å². The quantitative estimate of drug-likeness (QED) is 0.341. The van der Waals surface area contributed by atoms with E-state index in [0.29, 0.717) is 38.0 Å². The van der Waals surface area contributed by atoms with E-state index in [4.69, 9.17) is 9.47 Å². The second kappa shape index (κ2) is 13.2. The van der Waals surface area contributed by atoms with Gasteiger partial charge in [-0.25, -0.2) is 4.79 Å². The standard InChI is InChI=1S/C29H36N2O5/c32-27-21-26(24-15-7-8-16-25(24)30-27)35-19-10-9-17-28(33)31(23-13-5-2-6-14-23)18-20-36-29(34)22-11-3-1-4-12-22/h1,3-4,7-8,11-12,15-16,23,26H,2,5-6,9-10,13-14,17-21H2,(H,30,32). The molecule has 1 unspecified atom stereocenters. The number of esters is 1. The Morgan fingerprint density at radius 3 is 2.47 bits per heavy atom. The Kier molecular flexibility index (Phi) is 9.50. The number of nitrogens with zero attached hydrogens (tertiary/aromatic N) is 1. The van der Waals surface area contributed by atoms with E-state index in [1.54, 1.807) is 24.3 Å². The van der Waals surface area contributed by atoms with Gasteiger partial charge in [-0.05, 0) is 43.9 Å². The fourth-order valence-corrected chi connectivity index (χ4v) is 5.07. The zero-order chi connectivity index (χ0) is 25.2. The molecule has 1 aliphatic carbocycles. The molecular formula is C29H36N2O5. The zero-order valence-corrected chi connectivity index (χ0v) is 20.8. The predicted octanol–water partition coefficient (Wildman–Crippen LogP) is 5.28. The first-order valence-electron chi connectivity index (χ1n) is 13.1. The average molecular weight is 493 g/mol. The molecule has 1 aliphatic heterocycles. The second-order valence-corrected chi connectivity index (χ2v) is 9.54. The number of para-hydroxylation sites is 1. The Labute approximate surface area is 213 Å². The summed E-state index contributed by atoms with van der Waals surface area (Å²) >= 11 is 0. The molecule has 0 saturated heterocycles. The van der Waals surface area contributed by atoms with Gasteiger partial charge in [0.1, 0.15) is 6.61 Å². The smallest absolute Gasteiger partial charge is 0.338 e. The lowest BCUT2D eigenvalue weighted by atomic mass is 9.94. The Morgan fingerprint density at radius 1 is 0.917 bits per heavy atom. The van der Waals surface area contributed by atoms with Crippen molar-refractivity contribution in [3.05, 3.63) is 65.7 Å². The highest BCUT2D eigenvalue weighted by molar-refractivity contribution is 5.94. The van der Waals surface area contributed by atoms with Gasteiger partial charge in [0.05, 0.1) is 24.6 Å². The first-order valence-corrected chi connectivity index (χ1v) is 13.1. The summed E-state index contributed by atoms with van der Waals surface area (Å²) in [6.07, 6.45) is 7.44. The Morgan fingerprint density at radius 2 is 1.67 bits per heavy atom. The van der Waals surface area contributed by atoms with Crippen LogP contribution in [0.15, 0.2) is 54.6 Å². The molecule has 2 amide bonds. The summed E-state index contributed by atoms with van der Waals surface area (Å²) < 4.78 is 11.5. The van der Waals surface area contributed by atoms with Gasteiger partial charge in [0, 0.05) is 30.3 Å². The minimum Gasteiger partial charge on any atom is -0.460 e. The molecule has 0 spiro atoms. The number of unbranched alkanes of at least 4 members (excludes halogenated alkanes) is 1. The maximum absolute atomic E-state index is 13.2. The molecular weight excluding hydrogens is 456 g/mol. The summed E-state index contributed by atoms with van der Waals surface area (Å²) in [5, 5.41) is 2.88. The van der Waals surface area contributed by atoms with Crippen LogP contribution >= 0.6 is 0 Å². The third-order valence-corrected chi connectivity index (χ3v) is 6.97. The van der Waals surface area contributed by atoms with E-state index in [-0.39, 0.29) is 36.5 Å². The topological polar surface area (TPSA) is 84.9 Å². The first-order chi connectivity index (χ1) is 17.6. The number of nitrogens with one attached hydrogen (secondary N) is 1. The molecule has 1 fully saturated rings. The van der Waals surface area contributed by atoms with Gasteiger partial charge in [0.15, 0.2) is 0 Å². The second-order valence-electron chi connectivity index (χ2n) is 9.54. The third kappa shape index (κ3) is 7.17. The Balaban J connectivity index is 1.23. The van der Waals surface area contributed by atoms with Crippen LogP contribution in [0.1, 0.15) is 79.8 Å². The summed E-state index contributed by atoms with van der Waals surface area (Å²) in [4.78, 5) is 39.3. The third-order valence-electron chi connectivity index (χ3n) is 6.97. The molecule has 2 aromatic carbocycles. The van der Waals surface area contributed by atoms with Crippen LogP contribution in [0, 0.1) is 0 Å². The van der Waals surface area contributed by atoms with Crippen LogP contribution in [-0.2, 0) is 19.1 Å². The lowest BCUT2D eigenvalue weighted by Gasteiger charge is -2.34. The van der Waals surface area contributed by atoms with E-state index in [1.807, 2.05) is 35.2 Å². The maximum atomic E-state index is 13.2. The molecule has 0 aromatic heterocycles. The van der Waals surface area contributed by atoms with Crippen molar-refractivity contribution in [2.75, 3.05) is 25.1 Å². The lowest BCUT2D eigenvalue weighted by molar-refractivity contribution is -0.135. The number of ether oxygens (including phenoxy) is 2. The van der Waals surface area contributed by atoms with Crippen molar-refractivity contribution in [2.45, 2.75) is 69.9 Å². The molecule has 0 bridgehead atoms. The maximum Gasteiger partial charge on any atom is 0.338 e. The fourth-order valence-electron chi connectivity index (χ4n) is 5.07. The van der Waals surface area contributed by atoms with E-state index in [0.717, 1.165) is 43.4 Å². The minimum atomic E-state index is -0.359. The van der Waals surface area contributed by atoms with Crippen LogP contribution in [0.3, 0.4) is 0 Å². The number of amides is 2. The summed E-state index contributed by atoms with van der Waals surface area (Å²) in [6.45, 7) is 1.12. The van der Waals surface area contributed by atoms with E-state index < -0.39 is 0 Å². The number of hydrogen-bond acceptors (Lipinski definition) is 5. The van der Waals surface area contributed by atoms with Crippen molar-refractivity contribution >= 4 is 23.5 Å². The number of fused-ring (bicyclic) bond motifs is 1. The van der Waals surface area contributed by atoms with Crippen LogP contribution < -0.4 is 5.32 Å². The predicted molar refractivity (Wildman–Crippen MR) is 138 cm³/mol. The number of carbonyl (C=O) groups is 3. The SMILES string of the molecule is O=C1CC(OCCCCC(=O)N(CCOC(=O)c2ccccc2)C2CCCCC2)c2ccccc2N1. The van der Waals surface area contributed by atoms with Gasteiger partial charge in [0.25, 0.3) is 0 Å². The van der Waals surface area contributed by atoms with Crippen LogP contribution in [0.2, 0.25) is 0 Å². The van der Waals surface area contributed by atoms with Crippen molar-refractivity contribution in [1.82, 2.24) is 4.90 Å². The van der Waals surface area contributed by atoms with Crippen LogP contribution in [0.5, 0.6) is 0 Å². The fraction of sp³-hybridized carbons (Fsp3) is 0.483. The Bertz CT molecular complexity index is 1020. The summed E-state index contributed by atoms with van der Waals surface area (Å²) in [7, 11) is 0. The van der Waals surface area contributed by atoms with Crippen LogP contribution in [0.25, 0.3) is 0 Å². The number of carbonyl (C=O) groups excluding carboxylic acids is 3. The number of anilines is 1. The van der Waals surface area contributed by atoms with Gasteiger partial charge < -0.3 is 19.7 Å². The number of hydrogen-bond donors (Lipinski definition) is 1. The van der Waals surface area contributed by atoms with Gasteiger partial charge in [-0.2, -0.15) is 0 Å². The Hall–Kier alpha value is -3.19. The molecule has 2 aromatic rings. The van der Waals surface area contributed by atoms with E-state index >= 15 is 0 Å². The molecule has 1 atom stereocenters. The number of benzene rings is 2. The van der Waals surface area contributed by atoms with Crippen molar-refractivity contribution in [2.24, 2.45) is 0 Å². The van der Waals surface area contributed by atoms with Crippen molar-refractivity contribution < 1.29 is 23.9 Å². The molecule has 36 heavy (non-hydrogen) atoms. The molecule has 4 rings (SSSR count). The van der Waals surface area contributed by atoms with Gasteiger partial charge in [-0.15, -0.1) is 0 Å². The molecule has 1 heterocycles. The van der Waals surface area contributed by atoms with Gasteiger partial charge in [0.2, 0.25) is 11.8 Å². The minimum absolute atomic E-state index is 0.0371. The highest BCUT2D eigenvalue weighted by atomic mass is 16.5. The van der Waals surface area contributed by atoms with E-state index in [2.05, 4.69) is 5.32 Å². The molecule has 2 aliphatic rings. The van der Waals surface area contributed by atoms with Crippen LogP contribution in [-0.4, -0.2) is 48.5 Å². The molecule has 0 radical (unpaired) electrons. The highest BCUT2D eigenvalue weighted by Gasteiger charge is 2.27. The van der Waals surface area contributed by atoms with E-state index in [9.17, 15) is 14.4 Å². The van der Waals surface area contributed by atoms with Gasteiger partial charge >= 0.3 is 5.97 Å². The first kappa shape index (κ1) is 25.9. The monoisotopic (exact) mass is 492 g/mol. The summed E-state index contributed by atoms with van der Waals surface area (Å²) in [6, 6.07) is 16.9. The molecule has 7 heteroatoms. The molecule has 192 valence electrons. The zero-order valence-electron chi connectivity index (χ0n) is 20.8. The highest BCUT2D eigenvalue weighted by Crippen LogP contribution is 2.33. The summed E-state index contributed by atoms with van der Waals surface area (Å²) in [5.74, 6) is -0.285. The van der Waals surface area contributed by atoms with Gasteiger partial charge in [-0.3, -0.25) is 9.59 Å². The normalized spacial score (nSPS) is 17.7. The largest absolute Gasteiger partial charge is 0.460 e. The molecule has 1 saturated carbocycles. The summed E-state index contributed by atoms with van der Waals surface area (Å²) in [5.41, 5.74) is 2.33. The van der Waals surface area contributed by atoms with Gasteiger partial charge in [-0.1, -0.05) is 55.7 Å². The van der Waals surface area contributed by atoms with Crippen molar-refractivity contribution in [3.8, 4) is 0 Å². The number of rotatable bonds is 11. The lowest BCUT2D eigenvalue weighted by Crippen LogP contribution is -2.43. The van der Waals surface area contributed by atoms with Crippen LogP contribution in [0.4, 0.5) is 5.69 Å². The average Bonchev–Trinajstić information content (AvgIpc) is 2.91. The molecule has 1 N–H and O–H groups in total. The van der Waals surface area contributed by atoms with Crippen molar-refractivity contribution in [3.63, 3.8) is 0 Å².